The summed E-state index contributed by atoms with van der Waals surface area (Å²) >= 11 is 0. The molecule has 0 bridgehead atoms. The van der Waals surface area contributed by atoms with Gasteiger partial charge in [0.05, 0.1) is 12.2 Å². The second-order valence-corrected chi connectivity index (χ2v) is 5.09. The minimum Gasteiger partial charge on any atom is -0.490 e. The van der Waals surface area contributed by atoms with Crippen LogP contribution in [0.5, 0.6) is 5.75 Å². The van der Waals surface area contributed by atoms with Gasteiger partial charge in [0.25, 0.3) is 5.91 Å². The van der Waals surface area contributed by atoms with Gasteiger partial charge in [-0.2, -0.15) is 0 Å². The van der Waals surface area contributed by atoms with E-state index in [0.29, 0.717) is 25.3 Å². The van der Waals surface area contributed by atoms with Crippen LogP contribution >= 0.6 is 0 Å². The number of hydrogen-bond donors (Lipinski definition) is 0. The average Bonchev–Trinajstić information content (AvgIpc) is 2.44. The number of nitrogens with zero attached hydrogens (tertiary/aromatic N) is 1. The molecule has 108 valence electrons. The Hall–Kier alpha value is -1.81. The Labute approximate surface area is 120 Å². The highest BCUT2D eigenvalue weighted by Gasteiger charge is 2.26. The van der Waals surface area contributed by atoms with Gasteiger partial charge in [0, 0.05) is 18.7 Å². The van der Waals surface area contributed by atoms with Gasteiger partial charge in [0.1, 0.15) is 12.4 Å². The third-order valence-electron chi connectivity index (χ3n) is 3.18. The van der Waals surface area contributed by atoms with Gasteiger partial charge in [-0.1, -0.05) is 12.7 Å². The predicted octanol–water partition coefficient (Wildman–Crippen LogP) is 2.50. The summed E-state index contributed by atoms with van der Waals surface area (Å²) in [7, 11) is 0. The molecule has 1 amide bonds. The lowest BCUT2D eigenvalue weighted by atomic mass is 10.1. The quantitative estimate of drug-likeness (QED) is 0.793. The van der Waals surface area contributed by atoms with Gasteiger partial charge in [0.15, 0.2) is 0 Å². The molecule has 0 saturated carbocycles. The van der Waals surface area contributed by atoms with Gasteiger partial charge in [0.2, 0.25) is 0 Å². The minimum absolute atomic E-state index is 0.0438. The molecule has 1 aromatic rings. The van der Waals surface area contributed by atoms with E-state index in [1.165, 1.54) is 0 Å². The molecule has 0 aliphatic carbocycles. The van der Waals surface area contributed by atoms with Gasteiger partial charge in [-0.05, 0) is 38.1 Å². The summed E-state index contributed by atoms with van der Waals surface area (Å²) in [4.78, 5) is 14.3. The van der Waals surface area contributed by atoms with E-state index in [4.69, 9.17) is 9.47 Å². The van der Waals surface area contributed by atoms with Crippen molar-refractivity contribution in [3.8, 4) is 5.75 Å². The fraction of sp³-hybridized carbons (Fsp3) is 0.438. The van der Waals surface area contributed by atoms with E-state index < -0.39 is 0 Å². The standard InChI is InChI=1S/C16H21NO3/c1-4-9-19-15-7-5-14(6-8-15)16(18)17-10-12(2)20-13(3)11-17/h4-8,12-13H,1,9-11H2,2-3H3/t12-,13+. The molecule has 20 heavy (non-hydrogen) atoms. The van der Waals surface area contributed by atoms with Crippen LogP contribution in [-0.2, 0) is 4.74 Å². The van der Waals surface area contributed by atoms with E-state index in [2.05, 4.69) is 6.58 Å². The van der Waals surface area contributed by atoms with Crippen LogP contribution in [0.1, 0.15) is 24.2 Å². The number of hydrogen-bond acceptors (Lipinski definition) is 3. The van der Waals surface area contributed by atoms with Crippen molar-refractivity contribution in [2.45, 2.75) is 26.1 Å². The van der Waals surface area contributed by atoms with Crippen molar-refractivity contribution in [1.29, 1.82) is 0 Å². The number of ether oxygens (including phenoxy) is 2. The van der Waals surface area contributed by atoms with Crippen molar-refractivity contribution in [3.05, 3.63) is 42.5 Å². The van der Waals surface area contributed by atoms with E-state index in [1.54, 1.807) is 18.2 Å². The van der Waals surface area contributed by atoms with E-state index >= 15 is 0 Å². The van der Waals surface area contributed by atoms with Crippen molar-refractivity contribution in [2.75, 3.05) is 19.7 Å². The van der Waals surface area contributed by atoms with Crippen molar-refractivity contribution < 1.29 is 14.3 Å². The molecule has 4 heteroatoms. The van der Waals surface area contributed by atoms with Gasteiger partial charge in [-0.25, -0.2) is 0 Å². The van der Waals surface area contributed by atoms with E-state index in [1.807, 2.05) is 30.9 Å². The van der Waals surface area contributed by atoms with Crippen molar-refractivity contribution >= 4 is 5.91 Å². The summed E-state index contributed by atoms with van der Waals surface area (Å²) in [5.41, 5.74) is 0.678. The summed E-state index contributed by atoms with van der Waals surface area (Å²) in [5.74, 6) is 0.785. The van der Waals surface area contributed by atoms with E-state index in [9.17, 15) is 4.79 Å². The molecular weight excluding hydrogens is 254 g/mol. The van der Waals surface area contributed by atoms with Crippen molar-refractivity contribution in [2.24, 2.45) is 0 Å². The van der Waals surface area contributed by atoms with Crippen LogP contribution in [-0.4, -0.2) is 42.7 Å². The van der Waals surface area contributed by atoms with Crippen LogP contribution in [0, 0.1) is 0 Å². The molecule has 0 N–H and O–H groups in total. The zero-order chi connectivity index (χ0) is 14.5. The predicted molar refractivity (Wildman–Crippen MR) is 78.0 cm³/mol. The molecule has 1 aliphatic heterocycles. The molecule has 1 heterocycles. The highest BCUT2D eigenvalue weighted by atomic mass is 16.5. The molecular formula is C16H21NO3. The van der Waals surface area contributed by atoms with Crippen molar-refractivity contribution in [1.82, 2.24) is 4.90 Å². The Morgan fingerprint density at radius 3 is 2.50 bits per heavy atom. The molecule has 1 aliphatic rings. The summed E-state index contributed by atoms with van der Waals surface area (Å²) < 4.78 is 11.0. The lowest BCUT2D eigenvalue weighted by Gasteiger charge is -2.35. The zero-order valence-corrected chi connectivity index (χ0v) is 12.0. The lowest BCUT2D eigenvalue weighted by molar-refractivity contribution is -0.0586. The molecule has 0 radical (unpaired) electrons. The number of benzene rings is 1. The van der Waals surface area contributed by atoms with Gasteiger partial charge in [-0.15, -0.1) is 0 Å². The topological polar surface area (TPSA) is 38.8 Å². The Balaban J connectivity index is 2.03. The number of morpholine rings is 1. The number of rotatable bonds is 4. The largest absolute Gasteiger partial charge is 0.490 e. The van der Waals surface area contributed by atoms with Gasteiger partial charge >= 0.3 is 0 Å². The summed E-state index contributed by atoms with van der Waals surface area (Å²) in [5, 5.41) is 0. The smallest absolute Gasteiger partial charge is 0.254 e. The van der Waals surface area contributed by atoms with Crippen molar-refractivity contribution in [3.63, 3.8) is 0 Å². The van der Waals surface area contributed by atoms with Crippen LogP contribution in [0.25, 0.3) is 0 Å². The summed E-state index contributed by atoms with van der Waals surface area (Å²) in [6.07, 6.45) is 1.85. The minimum atomic E-state index is 0.0438. The highest BCUT2D eigenvalue weighted by Crippen LogP contribution is 2.17. The second kappa shape index (κ2) is 6.57. The average molecular weight is 275 g/mol. The number of carbonyl (C=O) groups excluding carboxylic acids is 1. The van der Waals surface area contributed by atoms with E-state index in [-0.39, 0.29) is 18.1 Å². The zero-order valence-electron chi connectivity index (χ0n) is 12.0. The molecule has 1 aromatic carbocycles. The first kappa shape index (κ1) is 14.6. The van der Waals surface area contributed by atoms with Crippen LogP contribution in [0.4, 0.5) is 0 Å². The molecule has 2 rings (SSSR count). The first-order valence-corrected chi connectivity index (χ1v) is 6.88. The normalized spacial score (nSPS) is 22.4. The maximum Gasteiger partial charge on any atom is 0.254 e. The van der Waals surface area contributed by atoms with Crippen LogP contribution in [0.15, 0.2) is 36.9 Å². The SMILES string of the molecule is C=CCOc1ccc(C(=O)N2C[C@@H](C)O[C@@H](C)C2)cc1. The Kier molecular flexibility index (Phi) is 4.79. The number of carbonyl (C=O) groups is 1. The monoisotopic (exact) mass is 275 g/mol. The lowest BCUT2D eigenvalue weighted by Crippen LogP contribution is -2.48. The van der Waals surface area contributed by atoms with Gasteiger partial charge < -0.3 is 14.4 Å². The molecule has 0 aromatic heterocycles. The van der Waals surface area contributed by atoms with Gasteiger partial charge in [-0.3, -0.25) is 4.79 Å². The van der Waals surface area contributed by atoms with Crippen LogP contribution in [0.3, 0.4) is 0 Å². The van der Waals surface area contributed by atoms with Crippen LogP contribution in [0.2, 0.25) is 0 Å². The number of amides is 1. The molecule has 4 nitrogen and oxygen atoms in total. The summed E-state index contributed by atoms with van der Waals surface area (Å²) in [6.45, 7) is 9.31. The second-order valence-electron chi connectivity index (χ2n) is 5.09. The van der Waals surface area contributed by atoms with E-state index in [0.717, 1.165) is 5.75 Å². The first-order valence-electron chi connectivity index (χ1n) is 6.88. The molecule has 0 spiro atoms. The molecule has 1 saturated heterocycles. The fourth-order valence-corrected chi connectivity index (χ4v) is 2.38. The molecule has 2 atom stereocenters. The Morgan fingerprint density at radius 2 is 1.95 bits per heavy atom. The fourth-order valence-electron chi connectivity index (χ4n) is 2.38. The first-order chi connectivity index (χ1) is 9.60. The molecule has 1 fully saturated rings. The van der Waals surface area contributed by atoms with Crippen LogP contribution < -0.4 is 4.74 Å². The maximum absolute atomic E-state index is 12.4. The third-order valence-corrected chi connectivity index (χ3v) is 3.18. The molecule has 0 unspecified atom stereocenters. The maximum atomic E-state index is 12.4. The third kappa shape index (κ3) is 3.61. The summed E-state index contributed by atoms with van der Waals surface area (Å²) in [6, 6.07) is 7.21. The Morgan fingerprint density at radius 1 is 1.35 bits per heavy atom. The highest BCUT2D eigenvalue weighted by molar-refractivity contribution is 5.94. The Bertz CT molecular complexity index is 459.